The Morgan fingerprint density at radius 3 is 2.74 bits per heavy atom. The maximum Gasteiger partial charge on any atom is 0.224 e. The zero-order chi connectivity index (χ0) is 31.5. The van der Waals surface area contributed by atoms with E-state index in [9.17, 15) is 9.18 Å². The Morgan fingerprint density at radius 2 is 1.87 bits per heavy atom. The number of fused-ring (bicyclic) bond motifs is 2. The molecule has 6 heterocycles. The lowest BCUT2D eigenvalue weighted by Crippen LogP contribution is -2.20. The van der Waals surface area contributed by atoms with E-state index in [2.05, 4.69) is 48.4 Å². The number of aryl methyl sites for hydroxylation is 1. The van der Waals surface area contributed by atoms with Crippen LogP contribution in [0.1, 0.15) is 51.0 Å². The number of nitrogens with one attached hydrogen (secondary N) is 3. The number of pyridine rings is 3. The van der Waals surface area contributed by atoms with Crippen LogP contribution in [-0.2, 0) is 11.2 Å². The van der Waals surface area contributed by atoms with Crippen molar-refractivity contribution in [3.05, 3.63) is 78.5 Å². The number of H-pyrrole nitrogens is 2. The fraction of sp³-hybridized carbons (Fsp3) is 0.306. The van der Waals surface area contributed by atoms with Gasteiger partial charge in [-0.2, -0.15) is 5.10 Å². The van der Waals surface area contributed by atoms with Crippen molar-refractivity contribution in [2.45, 2.75) is 51.9 Å². The Morgan fingerprint density at radius 1 is 0.978 bits per heavy atom. The maximum atomic E-state index is 14.9. The first-order valence-corrected chi connectivity index (χ1v) is 16.1. The average molecular weight is 617 g/mol. The molecule has 5 aromatic heterocycles. The molecule has 0 unspecified atom stereocenters. The molecule has 10 heteroatoms. The second-order valence-corrected chi connectivity index (χ2v) is 12.1. The number of aromatic nitrogens is 6. The number of hydrogen-bond acceptors (Lipinski definition) is 6. The molecule has 0 aliphatic carbocycles. The van der Waals surface area contributed by atoms with Crippen molar-refractivity contribution in [1.82, 2.24) is 35.0 Å². The van der Waals surface area contributed by atoms with Crippen molar-refractivity contribution < 1.29 is 9.18 Å². The van der Waals surface area contributed by atoms with Crippen molar-refractivity contribution in [2.24, 2.45) is 0 Å². The molecule has 46 heavy (non-hydrogen) atoms. The Balaban J connectivity index is 1.17. The molecule has 6 aromatic rings. The fourth-order valence-corrected chi connectivity index (χ4v) is 6.31. The second-order valence-electron chi connectivity index (χ2n) is 12.1. The number of likely N-dealkylation sites (tertiary alicyclic amines) is 1. The summed E-state index contributed by atoms with van der Waals surface area (Å²) in [4.78, 5) is 32.2. The van der Waals surface area contributed by atoms with E-state index in [1.165, 1.54) is 25.9 Å². The summed E-state index contributed by atoms with van der Waals surface area (Å²) in [7, 11) is 0. The van der Waals surface area contributed by atoms with Gasteiger partial charge < -0.3 is 15.2 Å². The van der Waals surface area contributed by atoms with Gasteiger partial charge in [-0.25, -0.2) is 9.37 Å². The van der Waals surface area contributed by atoms with Crippen LogP contribution in [-0.4, -0.2) is 60.6 Å². The van der Waals surface area contributed by atoms with E-state index in [0.29, 0.717) is 29.0 Å². The van der Waals surface area contributed by atoms with Crippen LogP contribution in [0.4, 0.5) is 10.1 Å². The summed E-state index contributed by atoms with van der Waals surface area (Å²) in [6, 6.07) is 14.9. The van der Waals surface area contributed by atoms with E-state index in [1.807, 2.05) is 30.3 Å². The summed E-state index contributed by atoms with van der Waals surface area (Å²) in [5.74, 6) is -0.279. The van der Waals surface area contributed by atoms with Crippen LogP contribution in [0.15, 0.2) is 67.1 Å². The topological polar surface area (TPSA) is 115 Å². The third-order valence-corrected chi connectivity index (χ3v) is 8.66. The normalized spacial score (nSPS) is 13.6. The van der Waals surface area contributed by atoms with Crippen molar-refractivity contribution >= 4 is 33.5 Å². The lowest BCUT2D eigenvalue weighted by Gasteiger charge is -2.14. The molecule has 234 valence electrons. The number of carbonyl (C=O) groups excluding carboxylic acids is 1. The highest BCUT2D eigenvalue weighted by Gasteiger charge is 2.17. The molecule has 9 nitrogen and oxygen atoms in total. The van der Waals surface area contributed by atoms with Crippen LogP contribution in [0.5, 0.6) is 0 Å². The minimum absolute atomic E-state index is 0.0269. The Hall–Kier alpha value is -4.96. The molecule has 0 saturated carbocycles. The van der Waals surface area contributed by atoms with E-state index in [1.54, 1.807) is 30.7 Å². The average Bonchev–Trinajstić information content (AvgIpc) is 3.83. The van der Waals surface area contributed by atoms with Crippen molar-refractivity contribution in [3.8, 4) is 33.9 Å². The largest absolute Gasteiger partial charge is 0.353 e. The molecule has 7 rings (SSSR count). The predicted octanol–water partition coefficient (Wildman–Crippen LogP) is 7.53. The van der Waals surface area contributed by atoms with Crippen LogP contribution in [0, 0.1) is 5.82 Å². The van der Waals surface area contributed by atoms with E-state index in [4.69, 9.17) is 4.98 Å². The summed E-state index contributed by atoms with van der Waals surface area (Å²) in [6.07, 6.45) is 11.8. The molecule has 0 radical (unpaired) electrons. The van der Waals surface area contributed by atoms with E-state index in [0.717, 1.165) is 76.7 Å². The Bertz CT molecular complexity index is 2010. The number of unbranched alkanes of at least 4 members (excludes halogenated alkanes) is 1. The molecule has 0 bridgehead atoms. The Kier molecular flexibility index (Phi) is 8.52. The predicted molar refractivity (Wildman–Crippen MR) is 180 cm³/mol. The van der Waals surface area contributed by atoms with E-state index in [-0.39, 0.29) is 11.7 Å². The molecule has 1 fully saturated rings. The summed E-state index contributed by atoms with van der Waals surface area (Å²) in [5.41, 5.74) is 8.40. The molecule has 1 aliphatic rings. The number of anilines is 1. The van der Waals surface area contributed by atoms with Crippen LogP contribution in [0.25, 0.3) is 55.8 Å². The number of carbonyl (C=O) groups is 1. The lowest BCUT2D eigenvalue weighted by atomic mass is 10.0. The molecule has 0 atom stereocenters. The number of hydrogen-bond donors (Lipinski definition) is 3. The second kappa shape index (κ2) is 13.2. The highest BCUT2D eigenvalue weighted by atomic mass is 19.1. The first-order valence-electron chi connectivity index (χ1n) is 16.1. The number of amides is 1. The number of aromatic amines is 2. The lowest BCUT2D eigenvalue weighted by molar-refractivity contribution is -0.116. The van der Waals surface area contributed by atoms with Gasteiger partial charge in [0.15, 0.2) is 0 Å². The highest BCUT2D eigenvalue weighted by Crippen LogP contribution is 2.34. The van der Waals surface area contributed by atoms with Gasteiger partial charge in [0, 0.05) is 40.8 Å². The maximum absolute atomic E-state index is 14.9. The molecule has 3 N–H and O–H groups in total. The van der Waals surface area contributed by atoms with Crippen molar-refractivity contribution in [1.29, 1.82) is 0 Å². The smallest absolute Gasteiger partial charge is 0.224 e. The third-order valence-electron chi connectivity index (χ3n) is 8.66. The number of nitrogens with zero attached hydrogens (tertiary/aromatic N) is 5. The molecular weight excluding hydrogens is 579 g/mol. The van der Waals surface area contributed by atoms with Crippen LogP contribution in [0.2, 0.25) is 0 Å². The quantitative estimate of drug-likeness (QED) is 0.139. The summed E-state index contributed by atoms with van der Waals surface area (Å²) in [6.45, 7) is 5.44. The van der Waals surface area contributed by atoms with E-state index < -0.39 is 0 Å². The van der Waals surface area contributed by atoms with Gasteiger partial charge in [0.05, 0.1) is 34.5 Å². The molecular formula is C36H37FN8O. The molecule has 1 aromatic carbocycles. The molecule has 1 saturated heterocycles. The van der Waals surface area contributed by atoms with Gasteiger partial charge in [-0.3, -0.25) is 19.9 Å². The summed E-state index contributed by atoms with van der Waals surface area (Å²) < 4.78 is 14.9. The third kappa shape index (κ3) is 6.39. The van der Waals surface area contributed by atoms with Gasteiger partial charge in [-0.15, -0.1) is 0 Å². The van der Waals surface area contributed by atoms with Gasteiger partial charge >= 0.3 is 0 Å². The van der Waals surface area contributed by atoms with Crippen molar-refractivity contribution in [2.75, 3.05) is 25.0 Å². The first-order chi connectivity index (χ1) is 22.5. The molecule has 1 amide bonds. The molecule has 0 spiro atoms. The van der Waals surface area contributed by atoms with Gasteiger partial charge in [0.2, 0.25) is 5.91 Å². The Labute approximate surface area is 266 Å². The number of benzene rings is 1. The van der Waals surface area contributed by atoms with E-state index >= 15 is 0 Å². The van der Waals surface area contributed by atoms with Crippen LogP contribution in [0.3, 0.4) is 0 Å². The molecule has 1 aliphatic heterocycles. The zero-order valence-electron chi connectivity index (χ0n) is 25.9. The van der Waals surface area contributed by atoms with Crippen molar-refractivity contribution in [3.63, 3.8) is 0 Å². The summed E-state index contributed by atoms with van der Waals surface area (Å²) >= 11 is 0. The first kappa shape index (κ1) is 29.7. The van der Waals surface area contributed by atoms with Gasteiger partial charge in [0.25, 0.3) is 0 Å². The minimum atomic E-state index is -0.252. The fourth-order valence-electron chi connectivity index (χ4n) is 6.31. The van der Waals surface area contributed by atoms with Gasteiger partial charge in [-0.1, -0.05) is 13.3 Å². The van der Waals surface area contributed by atoms with Gasteiger partial charge in [-0.05, 0) is 106 Å². The number of rotatable bonds is 11. The number of halogens is 1. The minimum Gasteiger partial charge on any atom is -0.353 e. The van der Waals surface area contributed by atoms with Crippen LogP contribution >= 0.6 is 0 Å². The SMILES string of the molecule is CCCCC(=O)Nc1cncc(-c2ccc3[nH]nc(-c4cc5c(-c6cc(F)cc(CCCN7CCCC7)c6)nccc5[nH]4)c3n2)c1. The van der Waals surface area contributed by atoms with Gasteiger partial charge in [0.1, 0.15) is 17.0 Å². The summed E-state index contributed by atoms with van der Waals surface area (Å²) in [5, 5.41) is 11.5. The monoisotopic (exact) mass is 616 g/mol. The highest BCUT2D eigenvalue weighted by molar-refractivity contribution is 5.99. The standard InChI is InChI=1S/C36H37FN8O/c1-2-3-8-33(46)40-27-19-25(21-38-22-27)29-9-10-31-35(42-29)36(44-43-31)32-20-28-30(41-32)11-12-39-34(28)24-16-23(17-26(37)18-24)7-6-15-45-13-4-5-14-45/h9-12,16-22,41H,2-8,13-15H2,1H3,(H,40,46)(H,43,44). The van der Waals surface area contributed by atoms with Crippen LogP contribution < -0.4 is 5.32 Å². The zero-order valence-corrected chi connectivity index (χ0v) is 25.9.